The molecule has 0 saturated carbocycles. The Morgan fingerprint density at radius 2 is 2.08 bits per heavy atom. The number of ketones is 1. The summed E-state index contributed by atoms with van der Waals surface area (Å²) in [5.74, 6) is -0.0192. The first-order chi connectivity index (χ1) is 11.5. The number of nitro benzene ring substituents is 1. The Labute approximate surface area is 142 Å². The molecule has 0 bridgehead atoms. The van der Waals surface area contributed by atoms with Gasteiger partial charge in [-0.1, -0.05) is 29.8 Å². The molecule has 0 aliphatic carbocycles. The van der Waals surface area contributed by atoms with Gasteiger partial charge in [-0.25, -0.2) is 0 Å². The summed E-state index contributed by atoms with van der Waals surface area (Å²) in [5, 5.41) is 20.1. The van der Waals surface area contributed by atoms with Crippen LogP contribution in [0.1, 0.15) is 15.9 Å². The Hall–Kier alpha value is -3.17. The highest BCUT2D eigenvalue weighted by Crippen LogP contribution is 2.26. The number of rotatable bonds is 5. The number of benzene rings is 2. The maximum atomic E-state index is 12.4. The third-order valence-electron chi connectivity index (χ3n) is 3.17. The van der Waals surface area contributed by atoms with Crippen molar-refractivity contribution in [1.82, 2.24) is 0 Å². The number of methoxy groups -OCH3 is 1. The zero-order valence-electron chi connectivity index (χ0n) is 12.5. The van der Waals surface area contributed by atoms with Gasteiger partial charge in [0.2, 0.25) is 5.78 Å². The molecule has 2 aromatic rings. The number of nitriles is 1. The summed E-state index contributed by atoms with van der Waals surface area (Å²) in [6.07, 6.45) is 1.28. The monoisotopic (exact) mass is 342 g/mol. The number of nitro groups is 1. The molecule has 0 heterocycles. The Morgan fingerprint density at radius 3 is 2.71 bits per heavy atom. The molecular weight excluding hydrogens is 332 g/mol. The number of hydrogen-bond acceptors (Lipinski definition) is 5. The molecule has 0 aromatic heterocycles. The zero-order chi connectivity index (χ0) is 17.7. The molecule has 0 fully saturated rings. The Morgan fingerprint density at radius 1 is 1.33 bits per heavy atom. The molecule has 0 saturated heterocycles. The number of halogens is 1. The minimum atomic E-state index is -0.629. The van der Waals surface area contributed by atoms with Crippen LogP contribution in [0, 0.1) is 21.4 Å². The van der Waals surface area contributed by atoms with Crippen LogP contribution in [-0.4, -0.2) is 17.8 Å². The topological polar surface area (TPSA) is 93.2 Å². The molecule has 2 rings (SSSR count). The molecule has 2 aromatic carbocycles. The van der Waals surface area contributed by atoms with Gasteiger partial charge < -0.3 is 4.74 Å². The van der Waals surface area contributed by atoms with Crippen LogP contribution in [0.25, 0.3) is 6.08 Å². The number of nitrogens with zero attached hydrogens (tertiary/aromatic N) is 2. The summed E-state index contributed by atoms with van der Waals surface area (Å²) < 4.78 is 5.05. The van der Waals surface area contributed by atoms with E-state index in [0.717, 1.165) is 0 Å². The van der Waals surface area contributed by atoms with Gasteiger partial charge in [-0.05, 0) is 29.8 Å². The highest BCUT2D eigenvalue weighted by molar-refractivity contribution is 6.32. The quantitative estimate of drug-likeness (QED) is 0.269. The van der Waals surface area contributed by atoms with E-state index >= 15 is 0 Å². The molecule has 0 spiro atoms. The van der Waals surface area contributed by atoms with Crippen molar-refractivity contribution in [3.05, 3.63) is 74.3 Å². The maximum absolute atomic E-state index is 12.4. The molecule has 7 heteroatoms. The van der Waals surface area contributed by atoms with Crippen molar-refractivity contribution in [2.75, 3.05) is 7.11 Å². The fraction of sp³-hybridized carbons (Fsp3) is 0.0588. The minimum absolute atomic E-state index is 0.0187. The largest absolute Gasteiger partial charge is 0.497 e. The number of hydrogen-bond donors (Lipinski definition) is 0. The summed E-state index contributed by atoms with van der Waals surface area (Å²) in [6.45, 7) is 0. The van der Waals surface area contributed by atoms with Gasteiger partial charge in [0.1, 0.15) is 22.4 Å². The van der Waals surface area contributed by atoms with Crippen molar-refractivity contribution in [1.29, 1.82) is 5.26 Å². The summed E-state index contributed by atoms with van der Waals surface area (Å²) in [6, 6.07) is 12.2. The summed E-state index contributed by atoms with van der Waals surface area (Å²) in [4.78, 5) is 22.7. The molecule has 6 nitrogen and oxygen atoms in total. The first-order valence-electron chi connectivity index (χ1n) is 6.70. The SMILES string of the molecule is COc1cccc(C(=O)C(C#N)=Cc2ccc(Cl)c([N+](=O)[O-])c2)c1. The fourth-order valence-corrected chi connectivity index (χ4v) is 2.18. The molecule has 0 aliphatic heterocycles. The van der Waals surface area contributed by atoms with E-state index in [2.05, 4.69) is 0 Å². The molecule has 24 heavy (non-hydrogen) atoms. The van der Waals surface area contributed by atoms with E-state index in [-0.39, 0.29) is 21.8 Å². The van der Waals surface area contributed by atoms with Gasteiger partial charge in [-0.2, -0.15) is 5.26 Å². The van der Waals surface area contributed by atoms with E-state index in [1.165, 1.54) is 37.5 Å². The Balaban J connectivity index is 2.42. The fourth-order valence-electron chi connectivity index (χ4n) is 1.99. The predicted octanol–water partition coefficient (Wildman–Crippen LogP) is 4.05. The van der Waals surface area contributed by atoms with Crippen molar-refractivity contribution >= 4 is 29.1 Å². The maximum Gasteiger partial charge on any atom is 0.288 e. The molecule has 0 atom stereocenters. The number of ether oxygens (including phenoxy) is 1. The zero-order valence-corrected chi connectivity index (χ0v) is 13.3. The van der Waals surface area contributed by atoms with Crippen molar-refractivity contribution in [3.63, 3.8) is 0 Å². The van der Waals surface area contributed by atoms with Crippen LogP contribution in [0.2, 0.25) is 5.02 Å². The van der Waals surface area contributed by atoms with E-state index in [4.69, 9.17) is 16.3 Å². The van der Waals surface area contributed by atoms with Crippen molar-refractivity contribution in [3.8, 4) is 11.8 Å². The van der Waals surface area contributed by atoms with Crippen molar-refractivity contribution in [2.24, 2.45) is 0 Å². The van der Waals surface area contributed by atoms with Gasteiger partial charge in [-0.3, -0.25) is 14.9 Å². The van der Waals surface area contributed by atoms with Crippen molar-refractivity contribution < 1.29 is 14.5 Å². The smallest absolute Gasteiger partial charge is 0.288 e. The van der Waals surface area contributed by atoms with Crippen LogP contribution in [0.15, 0.2) is 48.0 Å². The van der Waals surface area contributed by atoms with Gasteiger partial charge in [-0.15, -0.1) is 0 Å². The lowest BCUT2D eigenvalue weighted by Crippen LogP contribution is -2.02. The Kier molecular flexibility index (Phi) is 5.30. The van der Waals surface area contributed by atoms with Gasteiger partial charge in [0.15, 0.2) is 0 Å². The molecule has 0 unspecified atom stereocenters. The third-order valence-corrected chi connectivity index (χ3v) is 3.49. The minimum Gasteiger partial charge on any atom is -0.497 e. The molecule has 0 N–H and O–H groups in total. The van der Waals surface area contributed by atoms with E-state index in [1.54, 1.807) is 18.2 Å². The van der Waals surface area contributed by atoms with Crippen molar-refractivity contribution in [2.45, 2.75) is 0 Å². The van der Waals surface area contributed by atoms with Gasteiger partial charge in [0, 0.05) is 11.6 Å². The molecule has 0 amide bonds. The standard InChI is InChI=1S/C17H11ClN2O4/c1-24-14-4-2-3-12(9-14)17(21)13(10-19)7-11-5-6-15(18)16(8-11)20(22)23/h2-9H,1H3. The highest BCUT2D eigenvalue weighted by atomic mass is 35.5. The second-order valence-electron chi connectivity index (χ2n) is 4.70. The normalized spacial score (nSPS) is 10.8. The van der Waals surface area contributed by atoms with Crippen LogP contribution in [0.3, 0.4) is 0 Å². The first-order valence-corrected chi connectivity index (χ1v) is 7.08. The van der Waals surface area contributed by atoms with Crippen LogP contribution >= 0.6 is 11.6 Å². The molecule has 120 valence electrons. The average Bonchev–Trinajstić information content (AvgIpc) is 2.60. The first kappa shape index (κ1) is 17.2. The molecule has 0 aliphatic rings. The lowest BCUT2D eigenvalue weighted by Gasteiger charge is -2.03. The number of carbonyl (C=O) groups is 1. The Bertz CT molecular complexity index is 884. The van der Waals surface area contributed by atoms with E-state index in [9.17, 15) is 20.2 Å². The molecular formula is C17H11ClN2O4. The van der Waals surface area contributed by atoms with E-state index < -0.39 is 10.7 Å². The predicted molar refractivity (Wildman–Crippen MR) is 89.0 cm³/mol. The summed E-state index contributed by atoms with van der Waals surface area (Å²) in [5.41, 5.74) is 0.168. The van der Waals surface area contributed by atoms with Gasteiger partial charge in [0.25, 0.3) is 5.69 Å². The third kappa shape index (κ3) is 3.77. The highest BCUT2D eigenvalue weighted by Gasteiger charge is 2.15. The summed E-state index contributed by atoms with van der Waals surface area (Å²) in [7, 11) is 1.47. The summed E-state index contributed by atoms with van der Waals surface area (Å²) >= 11 is 5.75. The number of allylic oxidation sites excluding steroid dienone is 1. The number of Topliss-reactive ketones (excluding diaryl/α,β-unsaturated/α-hetero) is 1. The van der Waals surface area contributed by atoms with E-state index in [1.807, 2.05) is 6.07 Å². The van der Waals surface area contributed by atoms with Crippen LogP contribution in [0.5, 0.6) is 5.75 Å². The molecule has 0 radical (unpaired) electrons. The van der Waals surface area contributed by atoms with Gasteiger partial charge in [0.05, 0.1) is 12.0 Å². The second-order valence-corrected chi connectivity index (χ2v) is 5.11. The van der Waals surface area contributed by atoms with Crippen LogP contribution in [-0.2, 0) is 0 Å². The van der Waals surface area contributed by atoms with Crippen LogP contribution < -0.4 is 4.74 Å². The second kappa shape index (κ2) is 7.40. The number of carbonyl (C=O) groups excluding carboxylic acids is 1. The van der Waals surface area contributed by atoms with Crippen LogP contribution in [0.4, 0.5) is 5.69 Å². The van der Waals surface area contributed by atoms with E-state index in [0.29, 0.717) is 11.3 Å². The lowest BCUT2D eigenvalue weighted by molar-refractivity contribution is -0.384. The average molecular weight is 343 g/mol. The van der Waals surface area contributed by atoms with Gasteiger partial charge >= 0.3 is 0 Å². The lowest BCUT2D eigenvalue weighted by atomic mass is 10.0.